The number of nitrogens with zero attached hydrogens (tertiary/aromatic N) is 2. The second-order valence-electron chi connectivity index (χ2n) is 7.64. The van der Waals surface area contributed by atoms with E-state index in [0.29, 0.717) is 23.7 Å². The van der Waals surface area contributed by atoms with E-state index in [4.69, 9.17) is 10.5 Å². The number of thiazole rings is 1. The van der Waals surface area contributed by atoms with Crippen LogP contribution in [0.25, 0.3) is 0 Å². The van der Waals surface area contributed by atoms with E-state index in [-0.39, 0.29) is 26.6 Å². The van der Waals surface area contributed by atoms with Gasteiger partial charge in [-0.1, -0.05) is 37.3 Å². The zero-order chi connectivity index (χ0) is 25.0. The lowest BCUT2D eigenvalue weighted by atomic mass is 10.2. The third-order valence-corrected chi connectivity index (χ3v) is 7.55. The molecule has 0 unspecified atom stereocenters. The quantitative estimate of drug-likeness (QED) is 0.418. The lowest BCUT2D eigenvalue weighted by Gasteiger charge is -2.23. The van der Waals surface area contributed by atoms with Gasteiger partial charge in [0.15, 0.2) is 15.0 Å². The molecule has 0 spiro atoms. The second-order valence-corrected chi connectivity index (χ2v) is 12.7. The van der Waals surface area contributed by atoms with E-state index in [2.05, 4.69) is 9.71 Å². The van der Waals surface area contributed by atoms with Gasteiger partial charge >= 0.3 is 0 Å². The van der Waals surface area contributed by atoms with Crippen LogP contribution in [0.3, 0.4) is 0 Å². The molecule has 0 bridgehead atoms. The lowest BCUT2D eigenvalue weighted by molar-refractivity contribution is -0.125. The van der Waals surface area contributed by atoms with Crippen LogP contribution >= 0.6 is 11.3 Å². The number of aromatic nitrogens is 1. The van der Waals surface area contributed by atoms with Crippen molar-refractivity contribution >= 4 is 53.8 Å². The number of nitrogens with two attached hydrogens (primary N) is 1. The van der Waals surface area contributed by atoms with Crippen LogP contribution in [0.5, 0.6) is 5.75 Å². The van der Waals surface area contributed by atoms with Gasteiger partial charge in [0, 0.05) is 6.26 Å². The molecule has 1 aromatic carbocycles. The van der Waals surface area contributed by atoms with E-state index < -0.39 is 44.6 Å². The largest absolute Gasteiger partial charge is 0.491 e. The van der Waals surface area contributed by atoms with Crippen molar-refractivity contribution in [1.82, 2.24) is 9.71 Å². The molecule has 14 heteroatoms. The number of rotatable bonds is 11. The summed E-state index contributed by atoms with van der Waals surface area (Å²) in [5.74, 6) is -1.14. The molecule has 0 aliphatic carbocycles. The number of hydrogen-bond donors (Lipinski definition) is 2. The van der Waals surface area contributed by atoms with E-state index in [9.17, 15) is 26.4 Å². The number of ether oxygens (including phenoxy) is 1. The molecule has 3 N–H and O–H groups in total. The van der Waals surface area contributed by atoms with Gasteiger partial charge in [-0.15, -0.1) is 0 Å². The van der Waals surface area contributed by atoms with Gasteiger partial charge in [0.25, 0.3) is 0 Å². The smallest absolute Gasteiger partial charge is 0.242 e. The van der Waals surface area contributed by atoms with Gasteiger partial charge in [-0.3, -0.25) is 14.5 Å². The van der Waals surface area contributed by atoms with E-state index in [1.807, 2.05) is 13.8 Å². The number of sulfone groups is 1. The molecule has 0 aliphatic heterocycles. The molecule has 2 aromatic rings. The number of sulfonamides is 1. The maximum absolute atomic E-state index is 13.0. The minimum absolute atomic E-state index is 0.0763. The molecule has 0 atom stereocenters. The number of carbonyl (C=O) groups excluding carboxylic acids is 2. The molecule has 1 aromatic heterocycles. The molecule has 1 heterocycles. The van der Waals surface area contributed by atoms with Crippen molar-refractivity contribution in [1.29, 1.82) is 0 Å². The van der Waals surface area contributed by atoms with Crippen molar-refractivity contribution in [2.24, 2.45) is 11.7 Å². The Hall–Kier alpha value is -2.55. The third-order valence-electron chi connectivity index (χ3n) is 3.93. The van der Waals surface area contributed by atoms with Gasteiger partial charge in [-0.05, 0) is 18.1 Å². The Balaban J connectivity index is 2.66. The van der Waals surface area contributed by atoms with Crippen molar-refractivity contribution in [3.05, 3.63) is 30.0 Å². The topological polar surface area (TPSA) is 166 Å². The first kappa shape index (κ1) is 26.7. The van der Waals surface area contributed by atoms with Crippen LogP contribution < -0.4 is 20.1 Å². The number of carbonyl (C=O) groups is 2. The maximum atomic E-state index is 13.0. The zero-order valence-electron chi connectivity index (χ0n) is 18.6. The molecular weight excluding hydrogens is 492 g/mol. The Kier molecular flexibility index (Phi) is 8.57. The van der Waals surface area contributed by atoms with Crippen molar-refractivity contribution in [3.8, 4) is 5.75 Å². The summed E-state index contributed by atoms with van der Waals surface area (Å²) in [5.41, 5.74) is 5.37. The first-order chi connectivity index (χ1) is 15.2. The number of hydrogen-bond acceptors (Lipinski definition) is 9. The van der Waals surface area contributed by atoms with E-state index >= 15 is 0 Å². The predicted molar refractivity (Wildman–Crippen MR) is 125 cm³/mol. The molecular formula is C19H26N4O7S3. The SMILES string of the molecule is CC(C)COc1ccccc1N(C(=O)CC(N)=O)c1nc(CNS(C)(=O)=O)c(S(C)(=O)=O)s1. The van der Waals surface area contributed by atoms with E-state index in [1.54, 1.807) is 24.3 Å². The fourth-order valence-corrected chi connectivity index (χ4v) is 5.24. The number of benzene rings is 1. The highest BCUT2D eigenvalue weighted by Crippen LogP contribution is 2.39. The second kappa shape index (κ2) is 10.6. The van der Waals surface area contributed by atoms with Crippen molar-refractivity contribution < 1.29 is 31.2 Å². The third kappa shape index (κ3) is 7.77. The molecule has 0 saturated heterocycles. The average molecular weight is 519 g/mol. The van der Waals surface area contributed by atoms with Crippen LogP contribution in [0.15, 0.2) is 28.5 Å². The van der Waals surface area contributed by atoms with Crippen LogP contribution in [-0.4, -0.2) is 52.8 Å². The average Bonchev–Trinajstić information content (AvgIpc) is 3.09. The lowest BCUT2D eigenvalue weighted by Crippen LogP contribution is -2.30. The standard InChI is InChI=1S/C19H26N4O7S3/c1-12(2)11-30-15-8-6-5-7-14(15)23(17(25)9-16(20)24)19-22-13(10-21-33(4,28)29)18(31-19)32(3,26)27/h5-8,12,21H,9-11H2,1-4H3,(H2,20,24). The van der Waals surface area contributed by atoms with Gasteiger partial charge in [-0.25, -0.2) is 26.5 Å². The van der Waals surface area contributed by atoms with E-state index in [0.717, 1.165) is 17.4 Å². The van der Waals surface area contributed by atoms with Gasteiger partial charge in [0.05, 0.1) is 30.8 Å². The fourth-order valence-electron chi connectivity index (χ4n) is 2.61. The van der Waals surface area contributed by atoms with Crippen LogP contribution in [0.4, 0.5) is 10.8 Å². The number of para-hydroxylation sites is 2. The predicted octanol–water partition coefficient (Wildman–Crippen LogP) is 1.17. The summed E-state index contributed by atoms with van der Waals surface area (Å²) in [5, 5.41) is -0.0763. The molecule has 33 heavy (non-hydrogen) atoms. The highest BCUT2D eigenvalue weighted by atomic mass is 32.2. The summed E-state index contributed by atoms with van der Waals surface area (Å²) < 4.78 is 55.5. The summed E-state index contributed by atoms with van der Waals surface area (Å²) in [6, 6.07) is 6.52. The van der Waals surface area contributed by atoms with E-state index in [1.165, 1.54) is 0 Å². The minimum Gasteiger partial charge on any atom is -0.491 e. The number of nitrogens with one attached hydrogen (secondary N) is 1. The summed E-state index contributed by atoms with van der Waals surface area (Å²) in [7, 11) is -7.46. The Morgan fingerprint density at radius 1 is 1.18 bits per heavy atom. The first-order valence-electron chi connectivity index (χ1n) is 9.66. The number of amides is 2. The van der Waals surface area contributed by atoms with Crippen LogP contribution in [-0.2, 0) is 36.0 Å². The minimum atomic E-state index is -3.82. The molecule has 0 aliphatic rings. The van der Waals surface area contributed by atoms with Gasteiger partial charge in [-0.2, -0.15) is 0 Å². The molecule has 0 saturated carbocycles. The summed E-state index contributed by atoms with van der Waals surface area (Å²) >= 11 is 0.672. The molecule has 2 rings (SSSR count). The fraction of sp³-hybridized carbons (Fsp3) is 0.421. The Labute approximate surface area is 196 Å². The molecule has 0 radical (unpaired) electrons. The molecule has 11 nitrogen and oxygen atoms in total. The molecule has 182 valence electrons. The number of primary amides is 1. The first-order valence-corrected chi connectivity index (χ1v) is 14.3. The van der Waals surface area contributed by atoms with Crippen molar-refractivity contribution in [3.63, 3.8) is 0 Å². The van der Waals surface area contributed by atoms with Crippen molar-refractivity contribution in [2.45, 2.75) is 31.0 Å². The summed E-state index contributed by atoms with van der Waals surface area (Å²) in [6.45, 7) is 3.82. The highest BCUT2D eigenvalue weighted by Gasteiger charge is 2.29. The Morgan fingerprint density at radius 2 is 1.82 bits per heavy atom. The zero-order valence-corrected chi connectivity index (χ0v) is 21.0. The highest BCUT2D eigenvalue weighted by molar-refractivity contribution is 7.93. The summed E-state index contributed by atoms with van der Waals surface area (Å²) in [4.78, 5) is 29.8. The normalized spacial score (nSPS) is 12.0. The molecule has 0 fully saturated rings. The van der Waals surface area contributed by atoms with Crippen molar-refractivity contribution in [2.75, 3.05) is 24.0 Å². The maximum Gasteiger partial charge on any atom is 0.242 e. The van der Waals surface area contributed by atoms with Crippen LogP contribution in [0.2, 0.25) is 0 Å². The van der Waals surface area contributed by atoms with Gasteiger partial charge < -0.3 is 10.5 Å². The summed E-state index contributed by atoms with van der Waals surface area (Å²) in [6.07, 6.45) is 1.21. The molecule has 2 amide bonds. The van der Waals surface area contributed by atoms with Gasteiger partial charge in [0.2, 0.25) is 21.8 Å². The monoisotopic (exact) mass is 518 g/mol. The Bertz CT molecular complexity index is 1240. The van der Waals surface area contributed by atoms with Gasteiger partial charge in [0.1, 0.15) is 16.4 Å². The Morgan fingerprint density at radius 3 is 2.36 bits per heavy atom. The number of anilines is 2. The van der Waals surface area contributed by atoms with Crippen LogP contribution in [0.1, 0.15) is 26.0 Å². The van der Waals surface area contributed by atoms with Crippen LogP contribution in [0, 0.1) is 5.92 Å².